The van der Waals surface area contributed by atoms with Crippen LogP contribution in [0.3, 0.4) is 0 Å². The van der Waals surface area contributed by atoms with Crippen molar-refractivity contribution >= 4 is 16.6 Å². The smallest absolute Gasteiger partial charge is 0.450 e. The molecule has 0 unspecified atom stereocenters. The van der Waals surface area contributed by atoms with Gasteiger partial charge in [-0.1, -0.05) is 0 Å². The Morgan fingerprint density at radius 2 is 1.73 bits per heavy atom. The van der Waals surface area contributed by atoms with E-state index in [2.05, 4.69) is 4.18 Å². The summed E-state index contributed by atoms with van der Waals surface area (Å²) >= 11 is 0. The van der Waals surface area contributed by atoms with Crippen LogP contribution in [0.1, 0.15) is 6.92 Å². The number of carbonyl (C=O) groups is 1. The summed E-state index contributed by atoms with van der Waals surface area (Å²) in [5.41, 5.74) is 0. The molecule has 0 aromatic rings. The van der Waals surface area contributed by atoms with Gasteiger partial charge in [-0.15, -0.1) is 0 Å². The van der Waals surface area contributed by atoms with Gasteiger partial charge in [0.1, 0.15) is 0 Å². The van der Waals surface area contributed by atoms with Crippen molar-refractivity contribution < 1.29 is 32.2 Å². The van der Waals surface area contributed by atoms with Crippen LogP contribution in [0.15, 0.2) is 0 Å². The Kier molecular flexibility index (Phi) is 6.85. The Labute approximate surface area is 63.2 Å². The molecule has 0 aromatic heterocycles. The summed E-state index contributed by atoms with van der Waals surface area (Å²) in [4.78, 5) is 8.56. The molecule has 8 heteroatoms. The van der Waals surface area contributed by atoms with Gasteiger partial charge in [-0.25, -0.2) is 8.98 Å². The van der Waals surface area contributed by atoms with Crippen LogP contribution < -0.4 is 0 Å². The molecule has 0 radical (unpaired) electrons. The molecule has 11 heavy (non-hydrogen) atoms. The minimum atomic E-state index is -4.17. The van der Waals surface area contributed by atoms with Crippen LogP contribution in [-0.2, 0) is 14.6 Å². The van der Waals surface area contributed by atoms with Crippen LogP contribution in [0.25, 0.3) is 0 Å². The highest BCUT2D eigenvalue weighted by molar-refractivity contribution is 7.80. The van der Waals surface area contributed by atoms with Crippen LogP contribution in [0.2, 0.25) is 0 Å². The van der Waals surface area contributed by atoms with Crippen molar-refractivity contribution in [2.24, 2.45) is 0 Å². The Balaban J connectivity index is 0. The molecule has 0 spiro atoms. The highest BCUT2D eigenvalue weighted by atomic mass is 32.3. The molecule has 0 aliphatic carbocycles. The first-order valence-electron chi connectivity index (χ1n) is 2.33. The fraction of sp³-hybridized carbons (Fsp3) is 0.667. The molecule has 0 aliphatic heterocycles. The normalized spacial score (nSPS) is 9.64. The van der Waals surface area contributed by atoms with Crippen LogP contribution in [0.4, 0.5) is 4.79 Å². The Morgan fingerprint density at radius 1 is 1.45 bits per heavy atom. The van der Waals surface area contributed by atoms with Gasteiger partial charge in [-0.3, -0.25) is 4.55 Å². The largest absolute Gasteiger partial charge is 0.503 e. The number of hydrogen-bond acceptors (Lipinski definition) is 4. The lowest BCUT2D eigenvalue weighted by Crippen LogP contribution is -2.01. The van der Waals surface area contributed by atoms with E-state index in [-0.39, 0.29) is 6.61 Å². The summed E-state index contributed by atoms with van der Waals surface area (Å²) in [5, 5.41) is 13.9. The zero-order chi connectivity index (χ0) is 9.49. The first-order valence-corrected chi connectivity index (χ1v) is 3.69. The Morgan fingerprint density at radius 3 is 1.73 bits per heavy atom. The molecule has 68 valence electrons. The van der Waals surface area contributed by atoms with Crippen molar-refractivity contribution in [2.75, 3.05) is 6.61 Å². The molecule has 3 N–H and O–H groups in total. The molecule has 0 atom stereocenters. The average molecular weight is 188 g/mol. The van der Waals surface area contributed by atoms with Gasteiger partial charge in [-0.05, 0) is 6.92 Å². The van der Waals surface area contributed by atoms with E-state index in [1.165, 1.54) is 6.92 Å². The maximum absolute atomic E-state index is 9.56. The molecule has 0 bridgehead atoms. The molecule has 0 fully saturated rings. The summed E-state index contributed by atoms with van der Waals surface area (Å²) in [6.45, 7) is 1.44. The Hall–Kier alpha value is -0.860. The maximum Gasteiger partial charge on any atom is 0.503 e. The van der Waals surface area contributed by atoms with Gasteiger partial charge in [0.25, 0.3) is 0 Å². The third-order valence-electron chi connectivity index (χ3n) is 0.267. The van der Waals surface area contributed by atoms with E-state index in [0.29, 0.717) is 0 Å². The first kappa shape index (κ1) is 12.8. The summed E-state index contributed by atoms with van der Waals surface area (Å²) in [7, 11) is -4.17. The first-order chi connectivity index (χ1) is 4.79. The second-order valence-corrected chi connectivity index (χ2v) is 2.21. The zero-order valence-electron chi connectivity index (χ0n) is 5.59. The Bertz CT molecular complexity index is 188. The second kappa shape index (κ2) is 5.89. The van der Waals surface area contributed by atoms with Crippen molar-refractivity contribution in [1.29, 1.82) is 0 Å². The van der Waals surface area contributed by atoms with Crippen LogP contribution in [-0.4, -0.2) is 35.9 Å². The second-order valence-electron chi connectivity index (χ2n) is 1.12. The lowest BCUT2D eigenvalue weighted by molar-refractivity contribution is 0.137. The topological polar surface area (TPSA) is 121 Å². The van der Waals surface area contributed by atoms with E-state index < -0.39 is 16.6 Å². The highest BCUT2D eigenvalue weighted by Gasteiger charge is 1.98. The van der Waals surface area contributed by atoms with Crippen molar-refractivity contribution in [3.8, 4) is 0 Å². The minimum absolute atomic E-state index is 0.0289. The fourth-order valence-corrected chi connectivity index (χ4v) is 0.447. The van der Waals surface area contributed by atoms with E-state index in [1.54, 1.807) is 0 Å². The van der Waals surface area contributed by atoms with Gasteiger partial charge in [0.15, 0.2) is 0 Å². The van der Waals surface area contributed by atoms with Gasteiger partial charge in [0, 0.05) is 0 Å². The standard InChI is InChI=1S/C2H6O4S.CH2O3/c1-2-6-7(3,4)5;2-1(3)4/h2H2,1H3,(H,3,4,5);(H2,2,3,4). The SMILES string of the molecule is CCOS(=O)(=O)O.O=C(O)O. The molecular weight excluding hydrogens is 180 g/mol. The van der Waals surface area contributed by atoms with Crippen LogP contribution in [0.5, 0.6) is 0 Å². The molecule has 0 amide bonds. The monoisotopic (exact) mass is 188 g/mol. The summed E-state index contributed by atoms with van der Waals surface area (Å²) in [6, 6.07) is 0. The summed E-state index contributed by atoms with van der Waals surface area (Å²) in [6.07, 6.45) is -1.83. The van der Waals surface area contributed by atoms with Crippen LogP contribution in [0, 0.1) is 0 Å². The van der Waals surface area contributed by atoms with Crippen LogP contribution >= 0.6 is 0 Å². The highest BCUT2D eigenvalue weighted by Crippen LogP contribution is 1.81. The van der Waals surface area contributed by atoms with E-state index >= 15 is 0 Å². The molecule has 0 rings (SSSR count). The van der Waals surface area contributed by atoms with Gasteiger partial charge in [0.2, 0.25) is 0 Å². The molecule has 0 saturated carbocycles. The molecule has 7 nitrogen and oxygen atoms in total. The third-order valence-corrected chi connectivity index (χ3v) is 0.800. The molecular formula is C3H8O7S. The van der Waals surface area contributed by atoms with E-state index in [4.69, 9.17) is 19.6 Å². The number of hydrogen-bond donors (Lipinski definition) is 3. The van der Waals surface area contributed by atoms with Gasteiger partial charge in [-0.2, -0.15) is 8.42 Å². The summed E-state index contributed by atoms with van der Waals surface area (Å²) in [5.74, 6) is 0. The lowest BCUT2D eigenvalue weighted by atomic mass is 10.9. The molecule has 0 saturated heterocycles. The predicted octanol–water partition coefficient (Wildman–Crippen LogP) is 0.0481. The van der Waals surface area contributed by atoms with Crippen molar-refractivity contribution in [1.82, 2.24) is 0 Å². The van der Waals surface area contributed by atoms with Gasteiger partial charge >= 0.3 is 16.6 Å². The summed E-state index contributed by atoms with van der Waals surface area (Å²) < 4.78 is 30.7. The lowest BCUT2D eigenvalue weighted by Gasteiger charge is -1.88. The number of rotatable bonds is 2. The van der Waals surface area contributed by atoms with Gasteiger partial charge in [0.05, 0.1) is 6.61 Å². The van der Waals surface area contributed by atoms with Gasteiger partial charge < -0.3 is 10.2 Å². The number of carboxylic acid groups (broad SMARTS) is 2. The van der Waals surface area contributed by atoms with E-state index in [9.17, 15) is 8.42 Å². The van der Waals surface area contributed by atoms with E-state index in [0.717, 1.165) is 0 Å². The molecule has 0 heterocycles. The average Bonchev–Trinajstić information content (AvgIpc) is 1.58. The van der Waals surface area contributed by atoms with E-state index in [1.807, 2.05) is 0 Å². The zero-order valence-corrected chi connectivity index (χ0v) is 6.41. The predicted molar refractivity (Wildman–Crippen MR) is 33.8 cm³/mol. The third kappa shape index (κ3) is 47.3. The molecule has 0 aromatic carbocycles. The minimum Gasteiger partial charge on any atom is -0.450 e. The van der Waals surface area contributed by atoms with Crippen molar-refractivity contribution in [3.63, 3.8) is 0 Å². The van der Waals surface area contributed by atoms with Crippen molar-refractivity contribution in [2.45, 2.75) is 6.92 Å². The maximum atomic E-state index is 9.56. The molecule has 0 aliphatic rings. The van der Waals surface area contributed by atoms with Crippen molar-refractivity contribution in [3.05, 3.63) is 0 Å². The quantitative estimate of drug-likeness (QED) is 0.523. The fourth-order valence-electron chi connectivity index (χ4n) is 0.149.